The summed E-state index contributed by atoms with van der Waals surface area (Å²) in [6.45, 7) is 17.6. The highest BCUT2D eigenvalue weighted by atomic mass is 16.6. The van der Waals surface area contributed by atoms with E-state index < -0.39 is 0 Å². The van der Waals surface area contributed by atoms with E-state index in [-0.39, 0.29) is 69.7 Å². The van der Waals surface area contributed by atoms with Crippen molar-refractivity contribution in [3.8, 4) is 0 Å². The first-order valence-electron chi connectivity index (χ1n) is 26.2. The lowest BCUT2D eigenvalue weighted by Crippen LogP contribution is -2.52. The number of epoxide rings is 6. The number of carbonyl (C=O) groups excluding carboxylic acids is 1. The molecular weight excluding hydrogens is 833 g/mol. The maximum Gasteiger partial charge on any atom is 0.162 e. The molecule has 66 heavy (non-hydrogen) atoms. The number of hydrogen-bond acceptors (Lipinski definition) is 10. The second kappa shape index (κ2) is 18.3. The van der Waals surface area contributed by atoms with Crippen molar-refractivity contribution in [3.63, 3.8) is 0 Å². The van der Waals surface area contributed by atoms with Crippen LogP contribution in [0.3, 0.4) is 0 Å². The van der Waals surface area contributed by atoms with Crippen molar-refractivity contribution in [2.75, 3.05) is 41.2 Å². The second-order valence-corrected chi connectivity index (χ2v) is 23.0. The molecule has 0 radical (unpaired) electrons. The highest BCUT2D eigenvalue weighted by Crippen LogP contribution is 2.62. The van der Waals surface area contributed by atoms with Crippen LogP contribution >= 0.6 is 0 Å². The van der Waals surface area contributed by atoms with Crippen LogP contribution in [-0.2, 0) is 47.4 Å². The Morgan fingerprint density at radius 3 is 1.06 bits per heavy atom. The standard InChI is InChI=1S/2C19H28O3.C18H26O4/c2*1-13-10-11-19(12-21-19)17(16(13)20-3)18(2)15(22-18)9-8-14-6-4-5-7-14;1-17(14(22-17)8-7-12-5-3-4-6-12)16-15(20-2)13(19)9-10-18(16)11-21-18/h2*8,15-17H,1,4-7,9-12H2,2-3H3;7,14-16H,3-6,8-11H2,1-2H3/t2*15-,16-,17-,18+,19+;14-,15-,16-,17+,18+/m111/s1. The Morgan fingerprint density at radius 2 is 0.773 bits per heavy atom. The molecule has 0 unspecified atom stereocenters. The Hall–Kier alpha value is -1.99. The van der Waals surface area contributed by atoms with Crippen LogP contribution < -0.4 is 0 Å². The molecule has 3 spiro atoms. The molecular formula is C56H82O10. The van der Waals surface area contributed by atoms with Gasteiger partial charge < -0.3 is 42.6 Å². The van der Waals surface area contributed by atoms with Crippen LogP contribution in [0.5, 0.6) is 0 Å². The predicted molar refractivity (Wildman–Crippen MR) is 253 cm³/mol. The molecule has 366 valence electrons. The van der Waals surface area contributed by atoms with Crippen molar-refractivity contribution in [1.82, 2.24) is 0 Å². The number of rotatable bonds is 12. The van der Waals surface area contributed by atoms with Crippen LogP contribution in [-0.4, -0.2) is 117 Å². The fraction of sp³-hybridized carbons (Fsp3) is 0.804. The lowest BCUT2D eigenvalue weighted by molar-refractivity contribution is -0.142. The molecule has 0 amide bonds. The first kappa shape index (κ1) is 47.7. The minimum atomic E-state index is -0.370. The van der Waals surface area contributed by atoms with E-state index in [2.05, 4.69) is 52.2 Å². The molecule has 12 fully saturated rings. The van der Waals surface area contributed by atoms with Crippen molar-refractivity contribution >= 4 is 5.78 Å². The predicted octanol–water partition coefficient (Wildman–Crippen LogP) is 10.4. The van der Waals surface area contributed by atoms with Crippen LogP contribution in [0.2, 0.25) is 0 Å². The maximum absolute atomic E-state index is 12.3. The summed E-state index contributed by atoms with van der Waals surface area (Å²) in [5.41, 5.74) is 6.57. The number of allylic oxidation sites excluding steroid dienone is 3. The Bertz CT molecular complexity index is 1710. The van der Waals surface area contributed by atoms with Crippen molar-refractivity contribution in [1.29, 1.82) is 0 Å². The number of Topliss-reactive ketones (excluding diaryl/α,β-unsaturated/α-hetero) is 1. The van der Waals surface area contributed by atoms with E-state index in [1.807, 2.05) is 0 Å². The largest absolute Gasteiger partial charge is 0.377 e. The zero-order chi connectivity index (χ0) is 46.1. The van der Waals surface area contributed by atoms with E-state index in [9.17, 15) is 4.79 Å². The number of ether oxygens (including phenoxy) is 9. The van der Waals surface area contributed by atoms with Gasteiger partial charge in [-0.1, -0.05) is 48.1 Å². The summed E-state index contributed by atoms with van der Waals surface area (Å²) in [4.78, 5) is 12.3. The van der Waals surface area contributed by atoms with Gasteiger partial charge in [-0.15, -0.1) is 0 Å². The quantitative estimate of drug-likeness (QED) is 0.138. The third kappa shape index (κ3) is 9.02. The molecule has 12 rings (SSSR count). The lowest BCUT2D eigenvalue weighted by Gasteiger charge is -2.39. The number of ketones is 1. The molecule has 0 aromatic rings. The lowest BCUT2D eigenvalue weighted by atomic mass is 9.68. The van der Waals surface area contributed by atoms with Crippen molar-refractivity contribution < 1.29 is 47.4 Å². The molecule has 6 aliphatic heterocycles. The van der Waals surface area contributed by atoms with Crippen LogP contribution in [0.25, 0.3) is 0 Å². The normalized spacial score (nSPS) is 47.1. The van der Waals surface area contributed by atoms with E-state index in [1.54, 1.807) is 38.0 Å². The van der Waals surface area contributed by atoms with Gasteiger partial charge in [-0.2, -0.15) is 0 Å². The highest BCUT2D eigenvalue weighted by molar-refractivity contribution is 5.85. The SMILES string of the molecule is C=C1CC[C@]2(CO2)[C@@H]([C@@]2(C)O[C@@H]2CC=C2CCCC2)[C@@H]1OC.C=C1CC[C@]2(CO2)[C@@H]([C@@]2(C)O[C@@H]2CC=C2CCCC2)[C@@H]1OC.CO[C@@H]1C(=O)CC[C@]2(CO2)[C@H]1[C@@]1(C)O[C@@H]1CC=C1CCCC1. The van der Waals surface area contributed by atoms with E-state index in [0.717, 1.165) is 71.2 Å². The van der Waals surface area contributed by atoms with E-state index in [1.165, 1.54) is 88.2 Å². The first-order valence-corrected chi connectivity index (χ1v) is 26.2. The van der Waals surface area contributed by atoms with Gasteiger partial charge in [-0.25, -0.2) is 0 Å². The van der Waals surface area contributed by atoms with E-state index >= 15 is 0 Å². The minimum Gasteiger partial charge on any atom is -0.377 e. The average molecular weight is 915 g/mol. The fourth-order valence-corrected chi connectivity index (χ4v) is 14.5. The average Bonchev–Trinajstić information content (AvgIpc) is 4.22. The van der Waals surface area contributed by atoms with Gasteiger partial charge in [0.2, 0.25) is 0 Å². The summed E-state index contributed by atoms with van der Waals surface area (Å²) in [7, 11) is 5.23. The van der Waals surface area contributed by atoms with Gasteiger partial charge in [0.1, 0.15) is 39.7 Å². The van der Waals surface area contributed by atoms with Gasteiger partial charge in [-0.3, -0.25) is 4.79 Å². The van der Waals surface area contributed by atoms with Crippen LogP contribution in [0.1, 0.15) is 156 Å². The molecule has 0 bridgehead atoms. The van der Waals surface area contributed by atoms with Gasteiger partial charge in [0.05, 0.1) is 68.1 Å². The van der Waals surface area contributed by atoms with Crippen molar-refractivity contribution in [2.45, 2.75) is 226 Å². The Morgan fingerprint density at radius 1 is 0.485 bits per heavy atom. The summed E-state index contributed by atoms with van der Waals surface area (Å²) in [6.07, 6.45) is 32.2. The minimum absolute atomic E-state index is 0.00807. The van der Waals surface area contributed by atoms with Gasteiger partial charge in [0.15, 0.2) is 5.78 Å². The summed E-state index contributed by atoms with van der Waals surface area (Å²) in [5, 5.41) is 0. The molecule has 0 aromatic heterocycles. The van der Waals surface area contributed by atoms with E-state index in [0.29, 0.717) is 30.5 Å². The van der Waals surface area contributed by atoms with Gasteiger partial charge in [-0.05, 0) is 160 Å². The Labute approximate surface area is 395 Å². The summed E-state index contributed by atoms with van der Waals surface area (Å²) in [6, 6.07) is 0. The summed E-state index contributed by atoms with van der Waals surface area (Å²) < 4.78 is 53.3. The number of hydrogen-bond donors (Lipinski definition) is 0. The van der Waals surface area contributed by atoms with Crippen LogP contribution in [0, 0.1) is 17.8 Å². The Balaban J connectivity index is 0.000000116. The molecule has 15 atom stereocenters. The molecule has 6 heterocycles. The molecule has 10 heteroatoms. The molecule has 0 aromatic carbocycles. The third-order valence-corrected chi connectivity index (χ3v) is 19.0. The molecule has 6 saturated carbocycles. The smallest absolute Gasteiger partial charge is 0.162 e. The topological polar surface area (TPSA) is 120 Å². The molecule has 6 aliphatic carbocycles. The fourth-order valence-electron chi connectivity index (χ4n) is 14.5. The molecule has 10 nitrogen and oxygen atoms in total. The zero-order valence-corrected chi connectivity index (χ0v) is 41.4. The Kier molecular flexibility index (Phi) is 13.2. The van der Waals surface area contributed by atoms with Gasteiger partial charge >= 0.3 is 0 Å². The summed E-state index contributed by atoms with van der Waals surface area (Å²) >= 11 is 0. The zero-order valence-electron chi connectivity index (χ0n) is 41.4. The molecule has 6 saturated heterocycles. The van der Waals surface area contributed by atoms with E-state index in [4.69, 9.17) is 42.6 Å². The van der Waals surface area contributed by atoms with Crippen molar-refractivity contribution in [3.05, 3.63) is 59.3 Å². The van der Waals surface area contributed by atoms with Crippen LogP contribution in [0.15, 0.2) is 59.3 Å². The number of carbonyl (C=O) groups is 1. The number of methoxy groups -OCH3 is 3. The van der Waals surface area contributed by atoms with Crippen LogP contribution in [0.4, 0.5) is 0 Å². The molecule has 0 N–H and O–H groups in total. The third-order valence-electron chi connectivity index (χ3n) is 19.0. The monoisotopic (exact) mass is 915 g/mol. The highest BCUT2D eigenvalue weighted by Gasteiger charge is 2.73. The maximum atomic E-state index is 12.3. The molecule has 12 aliphatic rings. The van der Waals surface area contributed by atoms with Crippen molar-refractivity contribution in [2.24, 2.45) is 17.8 Å². The summed E-state index contributed by atoms with van der Waals surface area (Å²) in [5.74, 6) is 0.827. The van der Waals surface area contributed by atoms with Gasteiger partial charge in [0, 0.05) is 27.8 Å². The first-order chi connectivity index (χ1) is 31.8. The van der Waals surface area contributed by atoms with Gasteiger partial charge in [0.25, 0.3) is 0 Å². The second-order valence-electron chi connectivity index (χ2n) is 23.0.